The highest BCUT2D eigenvalue weighted by molar-refractivity contribution is 6.01. The van der Waals surface area contributed by atoms with Gasteiger partial charge in [0.1, 0.15) is 18.2 Å². The molecule has 2 N–H and O–H groups in total. The SMILES string of the molecule is c1ccc(-c2ccc(C3=NC(c4ccccc4-c4ccccc4-c4ccc5c(c4)C4(c6ccccc6-5)c5ccccc5N(c5ccccc5)c5ccccc54)NC(c4ccccc4)N3)cc2)cc1. The Morgan fingerprint density at radius 1 is 0.368 bits per heavy atom. The Hall–Kier alpha value is -8.57. The van der Waals surface area contributed by atoms with E-state index in [4.69, 9.17) is 4.99 Å². The Morgan fingerprint density at radius 2 is 0.868 bits per heavy atom. The molecule has 2 aliphatic heterocycles. The third-order valence-electron chi connectivity index (χ3n) is 14.2. The highest BCUT2D eigenvalue weighted by Gasteiger charge is 2.51. The van der Waals surface area contributed by atoms with Crippen molar-refractivity contribution >= 4 is 22.9 Å². The van der Waals surface area contributed by atoms with E-state index in [1.807, 2.05) is 0 Å². The van der Waals surface area contributed by atoms with Crippen LogP contribution in [0, 0.1) is 0 Å². The van der Waals surface area contributed by atoms with Crippen molar-refractivity contribution in [1.82, 2.24) is 10.6 Å². The molecule has 3 aliphatic rings. The number of hydrogen-bond donors (Lipinski definition) is 2. The van der Waals surface area contributed by atoms with Gasteiger partial charge in [-0.2, -0.15) is 0 Å². The van der Waals surface area contributed by atoms with Gasteiger partial charge < -0.3 is 10.2 Å². The maximum Gasteiger partial charge on any atom is 0.131 e. The minimum Gasteiger partial charge on any atom is -0.350 e. The fourth-order valence-corrected chi connectivity index (χ4v) is 11.2. The fraction of sp³-hybridized carbons (Fsp3) is 0.0469. The summed E-state index contributed by atoms with van der Waals surface area (Å²) in [7, 11) is 0. The van der Waals surface area contributed by atoms with E-state index in [0.29, 0.717) is 0 Å². The van der Waals surface area contributed by atoms with Crippen LogP contribution in [0.25, 0.3) is 44.5 Å². The third-order valence-corrected chi connectivity index (χ3v) is 14.2. The van der Waals surface area contributed by atoms with E-state index in [1.54, 1.807) is 0 Å². The number of nitrogens with zero attached hydrogens (tertiary/aromatic N) is 2. The van der Waals surface area contributed by atoms with Crippen molar-refractivity contribution in [3.8, 4) is 44.5 Å². The Kier molecular flexibility index (Phi) is 9.59. The van der Waals surface area contributed by atoms with Gasteiger partial charge in [0, 0.05) is 11.3 Å². The number of nitrogens with one attached hydrogen (secondary N) is 2. The molecular weight excluding hydrogens is 825 g/mol. The Morgan fingerprint density at radius 3 is 1.57 bits per heavy atom. The average molecular weight is 871 g/mol. The minimum absolute atomic E-state index is 0.167. The van der Waals surface area contributed by atoms with Crippen molar-refractivity contribution in [3.05, 3.63) is 294 Å². The van der Waals surface area contributed by atoms with Crippen LogP contribution in [0.4, 0.5) is 17.1 Å². The summed E-state index contributed by atoms with van der Waals surface area (Å²) >= 11 is 0. The molecule has 2 atom stereocenters. The van der Waals surface area contributed by atoms with Crippen molar-refractivity contribution < 1.29 is 0 Å². The maximum absolute atomic E-state index is 5.48. The third kappa shape index (κ3) is 6.37. The lowest BCUT2D eigenvalue weighted by Crippen LogP contribution is -2.45. The molecule has 4 nitrogen and oxygen atoms in total. The van der Waals surface area contributed by atoms with E-state index in [9.17, 15) is 0 Å². The maximum atomic E-state index is 5.48. The van der Waals surface area contributed by atoms with Crippen LogP contribution in [0.15, 0.2) is 260 Å². The van der Waals surface area contributed by atoms with E-state index in [1.165, 1.54) is 67.0 Å². The van der Waals surface area contributed by atoms with Gasteiger partial charge in [-0.15, -0.1) is 0 Å². The van der Waals surface area contributed by atoms with Gasteiger partial charge >= 0.3 is 0 Å². The topological polar surface area (TPSA) is 39.7 Å². The lowest BCUT2D eigenvalue weighted by molar-refractivity contribution is 0.409. The quantitative estimate of drug-likeness (QED) is 0.168. The van der Waals surface area contributed by atoms with Gasteiger partial charge in [-0.25, -0.2) is 4.99 Å². The molecule has 0 saturated heterocycles. The summed E-state index contributed by atoms with van der Waals surface area (Å²) in [5, 5.41) is 7.67. The second-order valence-corrected chi connectivity index (χ2v) is 17.9. The molecule has 4 heteroatoms. The molecule has 10 aromatic rings. The average Bonchev–Trinajstić information content (AvgIpc) is 3.71. The number of rotatable bonds is 7. The predicted octanol–water partition coefficient (Wildman–Crippen LogP) is 15.2. The van der Waals surface area contributed by atoms with Crippen LogP contribution in [0.1, 0.15) is 51.3 Å². The zero-order valence-corrected chi connectivity index (χ0v) is 37.3. The van der Waals surface area contributed by atoms with Gasteiger partial charge in [0.15, 0.2) is 0 Å². The van der Waals surface area contributed by atoms with Crippen LogP contribution in [0.5, 0.6) is 0 Å². The molecule has 68 heavy (non-hydrogen) atoms. The molecule has 2 unspecified atom stereocenters. The van der Waals surface area contributed by atoms with Crippen LogP contribution in [-0.4, -0.2) is 5.84 Å². The summed E-state index contributed by atoms with van der Waals surface area (Å²) in [6.07, 6.45) is -0.505. The second-order valence-electron chi connectivity index (χ2n) is 17.9. The molecule has 0 aromatic heterocycles. The zero-order chi connectivity index (χ0) is 45.0. The number of fused-ring (bicyclic) bond motifs is 9. The monoisotopic (exact) mass is 870 g/mol. The van der Waals surface area contributed by atoms with Crippen LogP contribution < -0.4 is 15.5 Å². The van der Waals surface area contributed by atoms with E-state index in [0.717, 1.165) is 39.3 Å². The van der Waals surface area contributed by atoms with Gasteiger partial charge in [0.25, 0.3) is 0 Å². The molecule has 0 saturated carbocycles. The Bertz CT molecular complexity index is 3480. The molecule has 0 radical (unpaired) electrons. The first-order valence-corrected chi connectivity index (χ1v) is 23.5. The predicted molar refractivity (Wildman–Crippen MR) is 279 cm³/mol. The smallest absolute Gasteiger partial charge is 0.131 e. The van der Waals surface area contributed by atoms with Gasteiger partial charge in [-0.3, -0.25) is 5.32 Å². The largest absolute Gasteiger partial charge is 0.350 e. The molecule has 0 amide bonds. The van der Waals surface area contributed by atoms with Crippen molar-refractivity contribution in [2.75, 3.05) is 4.90 Å². The molecule has 322 valence electrons. The molecule has 0 bridgehead atoms. The number of para-hydroxylation sites is 3. The summed E-state index contributed by atoms with van der Waals surface area (Å²) in [5.41, 5.74) is 21.0. The fourth-order valence-electron chi connectivity index (χ4n) is 11.2. The number of aliphatic imine (C=N–C) groups is 1. The first-order chi connectivity index (χ1) is 33.7. The van der Waals surface area contributed by atoms with E-state index >= 15 is 0 Å². The van der Waals surface area contributed by atoms with Crippen LogP contribution in [-0.2, 0) is 5.41 Å². The summed E-state index contributed by atoms with van der Waals surface area (Å²) in [4.78, 5) is 7.92. The van der Waals surface area contributed by atoms with Crippen molar-refractivity contribution in [2.45, 2.75) is 17.7 Å². The highest BCUT2D eigenvalue weighted by Crippen LogP contribution is 2.63. The molecule has 1 spiro atoms. The second kappa shape index (κ2) is 16.4. The van der Waals surface area contributed by atoms with Crippen LogP contribution in [0.3, 0.4) is 0 Å². The Balaban J connectivity index is 0.958. The van der Waals surface area contributed by atoms with Gasteiger partial charge in [0.2, 0.25) is 0 Å². The molecule has 1 aliphatic carbocycles. The summed E-state index contributed by atoms with van der Waals surface area (Å²) < 4.78 is 0. The number of amidine groups is 1. The summed E-state index contributed by atoms with van der Waals surface area (Å²) in [6.45, 7) is 0. The number of anilines is 3. The van der Waals surface area contributed by atoms with Gasteiger partial charge in [-0.05, 0) is 108 Å². The molecular formula is C64H46N4. The lowest BCUT2D eigenvalue weighted by atomic mass is 9.64. The van der Waals surface area contributed by atoms with Crippen LogP contribution in [0.2, 0.25) is 0 Å². The highest BCUT2D eigenvalue weighted by atomic mass is 15.3. The van der Waals surface area contributed by atoms with E-state index in [2.05, 4.69) is 270 Å². The molecule has 0 fully saturated rings. The number of benzene rings is 10. The number of hydrogen-bond acceptors (Lipinski definition) is 4. The zero-order valence-electron chi connectivity index (χ0n) is 37.3. The first-order valence-electron chi connectivity index (χ1n) is 23.5. The van der Waals surface area contributed by atoms with Crippen molar-refractivity contribution in [1.29, 1.82) is 0 Å². The summed E-state index contributed by atoms with van der Waals surface area (Å²) in [5.74, 6) is 0.854. The minimum atomic E-state index is -0.552. The van der Waals surface area contributed by atoms with Crippen LogP contribution >= 0.6 is 0 Å². The van der Waals surface area contributed by atoms with E-state index in [-0.39, 0.29) is 12.3 Å². The first kappa shape index (κ1) is 39.8. The molecule has 13 rings (SSSR count). The normalized spacial score (nSPS) is 16.2. The summed E-state index contributed by atoms with van der Waals surface area (Å²) in [6, 6.07) is 92.7. The Labute approximate surface area is 397 Å². The van der Waals surface area contributed by atoms with Crippen molar-refractivity contribution in [3.63, 3.8) is 0 Å². The lowest BCUT2D eigenvalue weighted by Gasteiger charge is -2.45. The van der Waals surface area contributed by atoms with Gasteiger partial charge in [-0.1, -0.05) is 224 Å². The van der Waals surface area contributed by atoms with Gasteiger partial charge in [0.05, 0.1) is 16.8 Å². The molecule has 2 heterocycles. The van der Waals surface area contributed by atoms with Crippen molar-refractivity contribution in [2.24, 2.45) is 4.99 Å². The van der Waals surface area contributed by atoms with E-state index < -0.39 is 5.41 Å². The molecule has 10 aromatic carbocycles. The standard InChI is InChI=1S/C64H46N4/c1-4-20-43(21-5-1)44-36-38-46(39-37-44)62-65-61(45-22-6-2-7-23-45)66-63(67-62)54-30-13-12-28-51(54)50-27-11-10-26-49(50)47-40-41-53-52-29-14-15-31-55(52)64(58(53)42-47)56-32-16-18-34-59(56)68(48-24-8-3-9-25-48)60-35-19-17-33-57(60)64/h1-42,61,63,66H,(H,65,67).